The van der Waals surface area contributed by atoms with Gasteiger partial charge in [0.1, 0.15) is 0 Å². The Kier molecular flexibility index (Phi) is 5.95. The Morgan fingerprint density at radius 3 is 2.33 bits per heavy atom. The lowest BCUT2D eigenvalue weighted by atomic mass is 10.0. The van der Waals surface area contributed by atoms with Gasteiger partial charge in [0.15, 0.2) is 0 Å². The molecular formula is C26H23N3O. The van der Waals surface area contributed by atoms with Crippen LogP contribution >= 0.6 is 0 Å². The van der Waals surface area contributed by atoms with Crippen molar-refractivity contribution in [2.24, 2.45) is 5.10 Å². The summed E-state index contributed by atoms with van der Waals surface area (Å²) in [6.45, 7) is 2.07. The van der Waals surface area contributed by atoms with Crippen molar-refractivity contribution >= 4 is 23.0 Å². The number of aromatic nitrogens is 1. The topological polar surface area (TPSA) is 54.4 Å². The average Bonchev–Trinajstić information content (AvgIpc) is 2.81. The number of hydrogen-bond donors (Lipinski definition) is 1. The van der Waals surface area contributed by atoms with Crippen molar-refractivity contribution in [1.82, 2.24) is 10.4 Å². The fraction of sp³-hybridized carbons (Fsp3) is 0.115. The summed E-state index contributed by atoms with van der Waals surface area (Å²) < 4.78 is 0. The number of hydrazone groups is 1. The molecule has 3 aromatic carbocycles. The van der Waals surface area contributed by atoms with E-state index in [2.05, 4.69) is 41.7 Å². The summed E-state index contributed by atoms with van der Waals surface area (Å²) in [5.74, 6) is -0.233. The van der Waals surface area contributed by atoms with E-state index in [9.17, 15) is 4.79 Å². The molecule has 0 aliphatic heterocycles. The van der Waals surface area contributed by atoms with Gasteiger partial charge in [-0.25, -0.2) is 10.4 Å². The molecule has 0 unspecified atom stereocenters. The molecule has 0 atom stereocenters. The van der Waals surface area contributed by atoms with E-state index in [-0.39, 0.29) is 5.91 Å². The molecule has 1 amide bonds. The first kappa shape index (κ1) is 19.5. The molecule has 1 heterocycles. The van der Waals surface area contributed by atoms with E-state index in [0.717, 1.165) is 40.6 Å². The van der Waals surface area contributed by atoms with Crippen LogP contribution < -0.4 is 5.43 Å². The lowest BCUT2D eigenvalue weighted by Crippen LogP contribution is -2.18. The number of para-hydroxylation sites is 1. The van der Waals surface area contributed by atoms with Gasteiger partial charge in [-0.1, -0.05) is 86.1 Å². The highest BCUT2D eigenvalue weighted by Crippen LogP contribution is 2.27. The minimum atomic E-state index is -0.233. The third kappa shape index (κ3) is 4.28. The molecular weight excluding hydrogens is 370 g/mol. The van der Waals surface area contributed by atoms with Gasteiger partial charge < -0.3 is 0 Å². The lowest BCUT2D eigenvalue weighted by Gasteiger charge is -2.10. The van der Waals surface area contributed by atoms with E-state index in [0.29, 0.717) is 5.56 Å². The summed E-state index contributed by atoms with van der Waals surface area (Å²) in [6.07, 6.45) is 3.54. The molecule has 1 aromatic heterocycles. The number of pyridine rings is 1. The van der Waals surface area contributed by atoms with E-state index in [4.69, 9.17) is 4.98 Å². The Morgan fingerprint density at radius 2 is 1.57 bits per heavy atom. The number of nitrogens with one attached hydrogen (secondary N) is 1. The molecule has 148 valence electrons. The van der Waals surface area contributed by atoms with Gasteiger partial charge in [0.2, 0.25) is 0 Å². The highest BCUT2D eigenvalue weighted by molar-refractivity contribution is 6.07. The maximum Gasteiger partial charge on any atom is 0.272 e. The fourth-order valence-electron chi connectivity index (χ4n) is 3.33. The van der Waals surface area contributed by atoms with Gasteiger partial charge in [-0.3, -0.25) is 4.79 Å². The van der Waals surface area contributed by atoms with Crippen molar-refractivity contribution in [3.05, 3.63) is 90.5 Å². The van der Waals surface area contributed by atoms with Gasteiger partial charge in [-0.2, -0.15) is 5.10 Å². The van der Waals surface area contributed by atoms with Crippen LogP contribution in [0.5, 0.6) is 0 Å². The van der Waals surface area contributed by atoms with Crippen LogP contribution in [-0.2, 0) is 0 Å². The van der Waals surface area contributed by atoms with E-state index >= 15 is 0 Å². The zero-order valence-electron chi connectivity index (χ0n) is 16.9. The Hall–Kier alpha value is -3.79. The van der Waals surface area contributed by atoms with Gasteiger partial charge >= 0.3 is 0 Å². The zero-order chi connectivity index (χ0) is 20.8. The fourth-order valence-corrected chi connectivity index (χ4v) is 3.33. The number of fused-ring (bicyclic) bond motifs is 1. The molecule has 4 nitrogen and oxygen atoms in total. The maximum atomic E-state index is 12.8. The van der Waals surface area contributed by atoms with Gasteiger partial charge in [0.05, 0.1) is 16.8 Å². The van der Waals surface area contributed by atoms with Crippen LogP contribution in [0.1, 0.15) is 30.1 Å². The molecule has 0 aliphatic rings. The van der Waals surface area contributed by atoms with Crippen LogP contribution in [0.2, 0.25) is 0 Å². The minimum absolute atomic E-state index is 0.233. The maximum absolute atomic E-state index is 12.8. The van der Waals surface area contributed by atoms with Crippen LogP contribution in [0.4, 0.5) is 0 Å². The third-order valence-corrected chi connectivity index (χ3v) is 4.92. The first-order chi connectivity index (χ1) is 14.8. The smallest absolute Gasteiger partial charge is 0.267 e. The van der Waals surface area contributed by atoms with Gasteiger partial charge in [-0.05, 0) is 29.7 Å². The molecule has 0 fully saturated rings. The molecule has 0 saturated heterocycles. The molecule has 4 aromatic rings. The monoisotopic (exact) mass is 393 g/mol. The molecule has 0 bridgehead atoms. The number of unbranched alkanes of at least 4 members (excludes halogenated alkanes) is 1. The number of carbonyl (C=O) groups is 1. The van der Waals surface area contributed by atoms with Gasteiger partial charge in [-0.15, -0.1) is 0 Å². The lowest BCUT2D eigenvalue weighted by molar-refractivity contribution is 0.0956. The summed E-state index contributed by atoms with van der Waals surface area (Å²) in [6, 6.07) is 28.0. The Morgan fingerprint density at radius 1 is 0.900 bits per heavy atom. The molecule has 1 N–H and O–H groups in total. The van der Waals surface area contributed by atoms with Crippen LogP contribution in [0.3, 0.4) is 0 Å². The zero-order valence-corrected chi connectivity index (χ0v) is 16.9. The first-order valence-electron chi connectivity index (χ1n) is 10.1. The number of benzene rings is 3. The van der Waals surface area contributed by atoms with Crippen LogP contribution in [0.25, 0.3) is 33.3 Å². The number of hydrogen-bond acceptors (Lipinski definition) is 3. The van der Waals surface area contributed by atoms with Crippen LogP contribution in [0.15, 0.2) is 90.0 Å². The van der Waals surface area contributed by atoms with Crippen molar-refractivity contribution in [3.63, 3.8) is 0 Å². The number of nitrogens with zero attached hydrogens (tertiary/aromatic N) is 2. The molecule has 30 heavy (non-hydrogen) atoms. The largest absolute Gasteiger partial charge is 0.272 e. The first-order valence-corrected chi connectivity index (χ1v) is 10.1. The second kappa shape index (κ2) is 9.14. The van der Waals surface area contributed by atoms with Gasteiger partial charge in [0, 0.05) is 17.2 Å². The predicted octanol–water partition coefficient (Wildman–Crippen LogP) is 6.08. The van der Waals surface area contributed by atoms with Crippen molar-refractivity contribution in [3.8, 4) is 22.4 Å². The summed E-state index contributed by atoms with van der Waals surface area (Å²) in [5, 5.41) is 4.86. The van der Waals surface area contributed by atoms with E-state index in [1.54, 1.807) is 6.21 Å². The highest BCUT2D eigenvalue weighted by atomic mass is 16.2. The summed E-state index contributed by atoms with van der Waals surface area (Å²) >= 11 is 0. The normalized spacial score (nSPS) is 11.1. The molecule has 0 aliphatic carbocycles. The molecule has 4 heteroatoms. The second-order valence-electron chi connectivity index (χ2n) is 7.06. The number of rotatable bonds is 6. The predicted molar refractivity (Wildman–Crippen MR) is 123 cm³/mol. The summed E-state index contributed by atoms with van der Waals surface area (Å²) in [4.78, 5) is 17.6. The Balaban J connectivity index is 1.70. The van der Waals surface area contributed by atoms with Crippen LogP contribution in [0, 0.1) is 0 Å². The second-order valence-corrected chi connectivity index (χ2v) is 7.06. The number of amides is 1. The molecule has 0 radical (unpaired) electrons. The van der Waals surface area contributed by atoms with Crippen molar-refractivity contribution < 1.29 is 4.79 Å². The van der Waals surface area contributed by atoms with Crippen LogP contribution in [-0.4, -0.2) is 17.1 Å². The highest BCUT2D eigenvalue weighted by Gasteiger charge is 2.13. The van der Waals surface area contributed by atoms with E-state index in [1.165, 1.54) is 5.56 Å². The Bertz CT molecular complexity index is 1180. The van der Waals surface area contributed by atoms with Crippen molar-refractivity contribution in [1.29, 1.82) is 0 Å². The Labute approximate surface area is 176 Å². The standard InChI is InChI=1S/C26H23N3O/c1-2-3-17-27-29-26(30)23-18-25(28-24-12-8-7-11-22(23)24)21-15-13-20(14-16-21)19-9-5-4-6-10-19/h4-18H,2-3H2,1H3,(H,29,30)/b27-17+. The molecule has 4 rings (SSSR count). The SMILES string of the molecule is CCC/C=N/NC(=O)c1cc(-c2ccc(-c3ccccc3)cc2)nc2ccccc12. The quantitative estimate of drug-likeness (QED) is 0.319. The van der Waals surface area contributed by atoms with Crippen molar-refractivity contribution in [2.45, 2.75) is 19.8 Å². The van der Waals surface area contributed by atoms with E-state index in [1.807, 2.05) is 60.7 Å². The third-order valence-electron chi connectivity index (χ3n) is 4.92. The molecule has 0 saturated carbocycles. The van der Waals surface area contributed by atoms with E-state index < -0.39 is 0 Å². The summed E-state index contributed by atoms with van der Waals surface area (Å²) in [7, 11) is 0. The summed E-state index contributed by atoms with van der Waals surface area (Å²) in [5.41, 5.74) is 8.02. The average molecular weight is 393 g/mol. The van der Waals surface area contributed by atoms with Gasteiger partial charge in [0.25, 0.3) is 5.91 Å². The minimum Gasteiger partial charge on any atom is -0.267 e. The number of carbonyl (C=O) groups excluding carboxylic acids is 1. The molecule has 0 spiro atoms. The van der Waals surface area contributed by atoms with Crippen molar-refractivity contribution in [2.75, 3.05) is 0 Å².